The summed E-state index contributed by atoms with van der Waals surface area (Å²) in [4.78, 5) is 17.5. The number of carbonyl (C=O) groups is 1. The van der Waals surface area contributed by atoms with Gasteiger partial charge in [0.2, 0.25) is 6.10 Å². The third-order valence-corrected chi connectivity index (χ3v) is 4.30. The van der Waals surface area contributed by atoms with E-state index in [4.69, 9.17) is 14.3 Å². The smallest absolute Gasteiger partial charge is 0.264 e. The molecule has 27 heavy (non-hydrogen) atoms. The highest BCUT2D eigenvalue weighted by molar-refractivity contribution is 6.04. The third kappa shape index (κ3) is 4.55. The van der Waals surface area contributed by atoms with Crippen molar-refractivity contribution in [3.63, 3.8) is 0 Å². The minimum absolute atomic E-state index is 0.226. The van der Waals surface area contributed by atoms with E-state index in [0.717, 1.165) is 11.1 Å². The number of oxime groups is 1. The molecule has 0 radical (unpaired) electrons. The van der Waals surface area contributed by atoms with Crippen LogP contribution in [-0.4, -0.2) is 38.5 Å². The predicted octanol–water partition coefficient (Wildman–Crippen LogP) is 2.69. The Kier molecular flexibility index (Phi) is 5.90. The summed E-state index contributed by atoms with van der Waals surface area (Å²) in [5, 5.41) is 6.80. The molecule has 142 valence electrons. The van der Waals surface area contributed by atoms with Gasteiger partial charge < -0.3 is 19.6 Å². The molecular formula is C20H21FN2O4. The lowest BCUT2D eigenvalue weighted by Gasteiger charge is -2.11. The van der Waals surface area contributed by atoms with Crippen molar-refractivity contribution in [3.8, 4) is 11.5 Å². The van der Waals surface area contributed by atoms with Gasteiger partial charge in [0.1, 0.15) is 5.82 Å². The lowest BCUT2D eigenvalue weighted by atomic mass is 10.0. The number of nitrogens with zero attached hydrogens (tertiary/aromatic N) is 1. The molecule has 1 unspecified atom stereocenters. The van der Waals surface area contributed by atoms with E-state index in [1.807, 2.05) is 18.2 Å². The second-order valence-corrected chi connectivity index (χ2v) is 6.07. The van der Waals surface area contributed by atoms with Gasteiger partial charge in [0.05, 0.1) is 19.9 Å². The molecule has 0 saturated carbocycles. The molecule has 0 saturated heterocycles. The van der Waals surface area contributed by atoms with E-state index < -0.39 is 6.10 Å². The molecule has 3 rings (SSSR count). The summed E-state index contributed by atoms with van der Waals surface area (Å²) < 4.78 is 23.5. The zero-order valence-corrected chi connectivity index (χ0v) is 15.2. The first-order valence-electron chi connectivity index (χ1n) is 8.58. The SMILES string of the molecule is COc1ccc(CCNC(=O)C2CC(c3ccc(F)cc3)=NO2)cc1OC. The summed E-state index contributed by atoms with van der Waals surface area (Å²) in [6.45, 7) is 0.458. The number of nitrogens with one attached hydrogen (secondary N) is 1. The van der Waals surface area contributed by atoms with Gasteiger partial charge in [0.25, 0.3) is 5.91 Å². The first-order valence-corrected chi connectivity index (χ1v) is 8.58. The molecule has 0 bridgehead atoms. The van der Waals surface area contributed by atoms with Crippen LogP contribution < -0.4 is 14.8 Å². The van der Waals surface area contributed by atoms with Crippen molar-refractivity contribution in [2.45, 2.75) is 18.9 Å². The van der Waals surface area contributed by atoms with E-state index in [-0.39, 0.29) is 11.7 Å². The normalized spacial score (nSPS) is 15.7. The monoisotopic (exact) mass is 372 g/mol. The molecule has 0 aromatic heterocycles. The Bertz CT molecular complexity index is 836. The van der Waals surface area contributed by atoms with Crippen LogP contribution in [-0.2, 0) is 16.1 Å². The highest BCUT2D eigenvalue weighted by atomic mass is 19.1. The van der Waals surface area contributed by atoms with Gasteiger partial charge in [0.15, 0.2) is 11.5 Å². The van der Waals surface area contributed by atoms with Gasteiger partial charge in [-0.25, -0.2) is 4.39 Å². The van der Waals surface area contributed by atoms with Crippen LogP contribution >= 0.6 is 0 Å². The van der Waals surface area contributed by atoms with Gasteiger partial charge in [-0.15, -0.1) is 0 Å². The fourth-order valence-corrected chi connectivity index (χ4v) is 2.81. The number of hydrogen-bond donors (Lipinski definition) is 1. The van der Waals surface area contributed by atoms with E-state index in [9.17, 15) is 9.18 Å². The first kappa shape index (κ1) is 18.7. The molecule has 2 aromatic rings. The van der Waals surface area contributed by atoms with Crippen LogP contribution in [0.25, 0.3) is 0 Å². The number of benzene rings is 2. The largest absolute Gasteiger partial charge is 0.493 e. The number of rotatable bonds is 7. The van der Waals surface area contributed by atoms with E-state index in [0.29, 0.717) is 36.6 Å². The zero-order chi connectivity index (χ0) is 19.2. The van der Waals surface area contributed by atoms with Crippen molar-refractivity contribution < 1.29 is 23.5 Å². The summed E-state index contributed by atoms with van der Waals surface area (Å²) in [5.41, 5.74) is 2.40. The van der Waals surface area contributed by atoms with Crippen LogP contribution in [0.1, 0.15) is 17.5 Å². The van der Waals surface area contributed by atoms with Crippen LogP contribution in [0, 0.1) is 5.82 Å². The summed E-state index contributed by atoms with van der Waals surface area (Å²) >= 11 is 0. The van der Waals surface area contributed by atoms with Crippen LogP contribution in [0.4, 0.5) is 4.39 Å². The van der Waals surface area contributed by atoms with Crippen molar-refractivity contribution in [3.05, 3.63) is 59.4 Å². The maximum absolute atomic E-state index is 13.0. The molecule has 7 heteroatoms. The fraction of sp³-hybridized carbons (Fsp3) is 0.300. The second-order valence-electron chi connectivity index (χ2n) is 6.07. The Hall–Kier alpha value is -3.09. The molecule has 1 aliphatic rings. The Morgan fingerprint density at radius 3 is 2.63 bits per heavy atom. The number of ether oxygens (including phenoxy) is 2. The van der Waals surface area contributed by atoms with Crippen molar-refractivity contribution in [2.24, 2.45) is 5.16 Å². The van der Waals surface area contributed by atoms with Gasteiger partial charge in [-0.1, -0.05) is 23.4 Å². The summed E-state index contributed by atoms with van der Waals surface area (Å²) in [7, 11) is 3.17. The molecule has 6 nitrogen and oxygen atoms in total. The van der Waals surface area contributed by atoms with Crippen molar-refractivity contribution in [2.75, 3.05) is 20.8 Å². The minimum atomic E-state index is -0.671. The molecule has 0 spiro atoms. The summed E-state index contributed by atoms with van der Waals surface area (Å²) in [5.74, 6) is 0.770. The molecule has 1 N–H and O–H groups in total. The quantitative estimate of drug-likeness (QED) is 0.811. The highest BCUT2D eigenvalue weighted by Gasteiger charge is 2.28. The Morgan fingerprint density at radius 1 is 1.19 bits per heavy atom. The van der Waals surface area contributed by atoms with Crippen molar-refractivity contribution >= 4 is 11.6 Å². The topological polar surface area (TPSA) is 69.2 Å². The van der Waals surface area contributed by atoms with Crippen LogP contribution in [0.15, 0.2) is 47.6 Å². The number of methoxy groups -OCH3 is 2. The average Bonchev–Trinajstić information content (AvgIpc) is 3.18. The number of amides is 1. The molecule has 1 amide bonds. The van der Waals surface area contributed by atoms with Gasteiger partial charge in [-0.05, 0) is 41.8 Å². The maximum atomic E-state index is 13.0. The first-order chi connectivity index (χ1) is 13.1. The van der Waals surface area contributed by atoms with Gasteiger partial charge in [0, 0.05) is 13.0 Å². The van der Waals surface area contributed by atoms with Gasteiger partial charge in [-0.2, -0.15) is 0 Å². The van der Waals surface area contributed by atoms with E-state index in [2.05, 4.69) is 10.5 Å². The zero-order valence-electron chi connectivity index (χ0n) is 15.2. The molecule has 0 fully saturated rings. The second kappa shape index (κ2) is 8.53. The fourth-order valence-electron chi connectivity index (χ4n) is 2.81. The maximum Gasteiger partial charge on any atom is 0.264 e. The van der Waals surface area contributed by atoms with E-state index in [1.165, 1.54) is 12.1 Å². The average molecular weight is 372 g/mol. The highest BCUT2D eigenvalue weighted by Crippen LogP contribution is 2.27. The Labute approximate surface area is 156 Å². The van der Waals surface area contributed by atoms with Crippen molar-refractivity contribution in [1.29, 1.82) is 0 Å². The van der Waals surface area contributed by atoms with Crippen LogP contribution in [0.2, 0.25) is 0 Å². The van der Waals surface area contributed by atoms with Crippen LogP contribution in [0.5, 0.6) is 11.5 Å². The molecule has 2 aromatic carbocycles. The van der Waals surface area contributed by atoms with Gasteiger partial charge >= 0.3 is 0 Å². The Morgan fingerprint density at radius 2 is 1.93 bits per heavy atom. The summed E-state index contributed by atoms with van der Waals surface area (Å²) in [6, 6.07) is 11.6. The molecule has 1 heterocycles. The number of carbonyl (C=O) groups excluding carboxylic acids is 1. The predicted molar refractivity (Wildman–Crippen MR) is 98.7 cm³/mol. The van der Waals surface area contributed by atoms with Crippen LogP contribution in [0.3, 0.4) is 0 Å². The molecular weight excluding hydrogens is 351 g/mol. The molecule has 0 aliphatic carbocycles. The lowest BCUT2D eigenvalue weighted by Crippen LogP contribution is -2.36. The molecule has 1 atom stereocenters. The standard InChI is InChI=1S/C20H21FN2O4/c1-25-17-8-3-13(11-18(17)26-2)9-10-22-20(24)19-12-16(23-27-19)14-4-6-15(21)7-5-14/h3-8,11,19H,9-10,12H2,1-2H3,(H,22,24). The lowest BCUT2D eigenvalue weighted by molar-refractivity contribution is -0.131. The minimum Gasteiger partial charge on any atom is -0.493 e. The van der Waals surface area contributed by atoms with E-state index >= 15 is 0 Å². The molecule has 1 aliphatic heterocycles. The summed E-state index contributed by atoms with van der Waals surface area (Å²) in [6.07, 6.45) is 0.327. The third-order valence-electron chi connectivity index (χ3n) is 4.30. The number of hydrogen-bond acceptors (Lipinski definition) is 5. The van der Waals surface area contributed by atoms with Crippen molar-refractivity contribution in [1.82, 2.24) is 5.32 Å². The van der Waals surface area contributed by atoms with E-state index in [1.54, 1.807) is 26.4 Å². The van der Waals surface area contributed by atoms with Gasteiger partial charge in [-0.3, -0.25) is 4.79 Å². The Balaban J connectivity index is 1.48. The number of halogens is 1.